The lowest BCUT2D eigenvalue weighted by Gasteiger charge is -2.32. The highest BCUT2D eigenvalue weighted by atomic mass is 14.9. The fourth-order valence-electron chi connectivity index (χ4n) is 2.17. The molecular weight excluding hydrogens is 206 g/mol. The van der Waals surface area contributed by atoms with Crippen molar-refractivity contribution in [1.82, 2.24) is 5.32 Å². The first kappa shape index (κ1) is 14.2. The first-order valence-corrected chi connectivity index (χ1v) is 6.64. The van der Waals surface area contributed by atoms with Crippen molar-refractivity contribution in [3.63, 3.8) is 0 Å². The molecule has 0 spiro atoms. The van der Waals surface area contributed by atoms with E-state index in [4.69, 9.17) is 0 Å². The van der Waals surface area contributed by atoms with E-state index >= 15 is 0 Å². The molecule has 1 aromatic carbocycles. The first-order chi connectivity index (χ1) is 7.84. The molecule has 0 fully saturated rings. The lowest BCUT2D eigenvalue weighted by Crippen LogP contribution is -2.42. The third-order valence-electron chi connectivity index (χ3n) is 3.42. The minimum Gasteiger partial charge on any atom is -0.313 e. The summed E-state index contributed by atoms with van der Waals surface area (Å²) in [5, 5.41) is 3.62. The van der Waals surface area contributed by atoms with Crippen molar-refractivity contribution in [3.05, 3.63) is 34.9 Å². The van der Waals surface area contributed by atoms with E-state index in [0.717, 1.165) is 13.0 Å². The Morgan fingerprint density at radius 2 is 1.82 bits per heavy atom. The molecule has 1 nitrogen and oxygen atoms in total. The van der Waals surface area contributed by atoms with Gasteiger partial charge < -0.3 is 5.32 Å². The first-order valence-electron chi connectivity index (χ1n) is 6.64. The van der Waals surface area contributed by atoms with Gasteiger partial charge in [-0.1, -0.05) is 51.5 Å². The van der Waals surface area contributed by atoms with Crippen molar-refractivity contribution >= 4 is 0 Å². The van der Waals surface area contributed by atoms with Crippen molar-refractivity contribution < 1.29 is 0 Å². The number of benzene rings is 1. The molecule has 1 N–H and O–H groups in total. The Bertz CT molecular complexity index is 360. The van der Waals surface area contributed by atoms with Crippen LogP contribution in [0.15, 0.2) is 18.2 Å². The van der Waals surface area contributed by atoms with Gasteiger partial charge in [-0.3, -0.25) is 0 Å². The molecule has 0 aliphatic rings. The Hall–Kier alpha value is -0.820. The number of hydrogen-bond donors (Lipinski definition) is 1. The van der Waals surface area contributed by atoms with Crippen LogP contribution in [0.5, 0.6) is 0 Å². The summed E-state index contributed by atoms with van der Waals surface area (Å²) < 4.78 is 0. The summed E-state index contributed by atoms with van der Waals surface area (Å²) in [6.07, 6.45) is 1.12. The van der Waals surface area contributed by atoms with Crippen LogP contribution in [0.1, 0.15) is 44.4 Å². The Kier molecular flexibility index (Phi) is 4.76. The fraction of sp³-hybridized carbons (Fsp3) is 0.625. The van der Waals surface area contributed by atoms with Crippen LogP contribution in [0.3, 0.4) is 0 Å². The predicted molar refractivity (Wildman–Crippen MR) is 76.5 cm³/mol. The maximum Gasteiger partial charge on any atom is 0.0156 e. The summed E-state index contributed by atoms with van der Waals surface area (Å²) in [7, 11) is 0. The third kappa shape index (κ3) is 4.16. The lowest BCUT2D eigenvalue weighted by molar-refractivity contribution is 0.270. The molecule has 0 amide bonds. The molecule has 0 saturated carbocycles. The van der Waals surface area contributed by atoms with E-state index < -0.39 is 0 Å². The molecular formula is C16H27N. The van der Waals surface area contributed by atoms with Crippen LogP contribution in [0.4, 0.5) is 0 Å². The number of rotatable bonds is 4. The van der Waals surface area contributed by atoms with Crippen LogP contribution < -0.4 is 5.32 Å². The summed E-state index contributed by atoms with van der Waals surface area (Å²) in [5.41, 5.74) is 4.54. The number of aryl methyl sites for hydroxylation is 2. The van der Waals surface area contributed by atoms with Crippen LogP contribution in [0, 0.1) is 19.3 Å². The van der Waals surface area contributed by atoms with Gasteiger partial charge in [0.2, 0.25) is 0 Å². The smallest absolute Gasteiger partial charge is 0.0156 e. The summed E-state index contributed by atoms with van der Waals surface area (Å²) in [6, 6.07) is 7.29. The molecule has 0 heterocycles. The average Bonchev–Trinajstić information content (AvgIpc) is 2.21. The van der Waals surface area contributed by atoms with Crippen LogP contribution in [0.2, 0.25) is 0 Å². The second-order valence-electron chi connectivity index (χ2n) is 6.11. The lowest BCUT2D eigenvalue weighted by atomic mass is 9.82. The van der Waals surface area contributed by atoms with Crippen LogP contribution in [0.25, 0.3) is 0 Å². The van der Waals surface area contributed by atoms with Gasteiger partial charge in [-0.15, -0.1) is 0 Å². The molecule has 96 valence electrons. The predicted octanol–water partition coefficient (Wildman–Crippen LogP) is 3.87. The van der Waals surface area contributed by atoms with Gasteiger partial charge in [-0.2, -0.15) is 0 Å². The maximum atomic E-state index is 3.62. The van der Waals surface area contributed by atoms with Gasteiger partial charge in [0.05, 0.1) is 0 Å². The molecule has 0 aliphatic heterocycles. The molecule has 1 atom stereocenters. The van der Waals surface area contributed by atoms with E-state index in [1.54, 1.807) is 0 Å². The largest absolute Gasteiger partial charge is 0.313 e. The van der Waals surface area contributed by atoms with Gasteiger partial charge in [0.15, 0.2) is 0 Å². The van der Waals surface area contributed by atoms with Crippen molar-refractivity contribution in [1.29, 1.82) is 0 Å². The number of likely N-dealkylation sites (N-methyl/N-ethyl adjacent to an activating group) is 1. The van der Waals surface area contributed by atoms with Gasteiger partial charge in [-0.25, -0.2) is 0 Å². The summed E-state index contributed by atoms with van der Waals surface area (Å²) in [6.45, 7) is 14.5. The average molecular weight is 233 g/mol. The summed E-state index contributed by atoms with van der Waals surface area (Å²) in [4.78, 5) is 0. The molecule has 1 aromatic rings. The monoisotopic (exact) mass is 233 g/mol. The second kappa shape index (κ2) is 5.68. The van der Waals surface area contributed by atoms with Gasteiger partial charge in [-0.05, 0) is 43.4 Å². The highest BCUT2D eigenvalue weighted by molar-refractivity contribution is 5.31. The van der Waals surface area contributed by atoms with Gasteiger partial charge in [0.25, 0.3) is 0 Å². The fourth-order valence-corrected chi connectivity index (χ4v) is 2.17. The molecule has 0 saturated heterocycles. The van der Waals surface area contributed by atoms with E-state index in [1.807, 2.05) is 0 Å². The van der Waals surface area contributed by atoms with Gasteiger partial charge in [0, 0.05) is 6.04 Å². The normalized spacial score (nSPS) is 13.8. The number of nitrogens with one attached hydrogen (secondary N) is 1. The molecule has 0 bridgehead atoms. The second-order valence-corrected chi connectivity index (χ2v) is 6.11. The third-order valence-corrected chi connectivity index (χ3v) is 3.42. The minimum absolute atomic E-state index is 0.298. The quantitative estimate of drug-likeness (QED) is 0.832. The van der Waals surface area contributed by atoms with E-state index in [0.29, 0.717) is 11.5 Å². The Balaban J connectivity index is 2.89. The van der Waals surface area contributed by atoms with Crippen LogP contribution >= 0.6 is 0 Å². The van der Waals surface area contributed by atoms with Crippen molar-refractivity contribution in [2.75, 3.05) is 6.54 Å². The minimum atomic E-state index is 0.298. The number of hydrogen-bond acceptors (Lipinski definition) is 1. The van der Waals surface area contributed by atoms with E-state index in [2.05, 4.69) is 65.1 Å². The Labute approximate surface area is 107 Å². The molecule has 1 rings (SSSR count). The van der Waals surface area contributed by atoms with Crippen LogP contribution in [-0.2, 0) is 6.42 Å². The van der Waals surface area contributed by atoms with E-state index in [-0.39, 0.29) is 0 Å². The van der Waals surface area contributed by atoms with Gasteiger partial charge in [0.1, 0.15) is 0 Å². The topological polar surface area (TPSA) is 12.0 Å². The van der Waals surface area contributed by atoms with Gasteiger partial charge >= 0.3 is 0 Å². The highest BCUT2D eigenvalue weighted by Crippen LogP contribution is 2.24. The molecule has 0 aromatic heterocycles. The van der Waals surface area contributed by atoms with E-state index in [9.17, 15) is 0 Å². The van der Waals surface area contributed by atoms with Crippen molar-refractivity contribution in [3.8, 4) is 0 Å². The zero-order valence-electron chi connectivity index (χ0n) is 12.2. The molecule has 0 radical (unpaired) electrons. The zero-order valence-corrected chi connectivity index (χ0v) is 12.2. The molecule has 17 heavy (non-hydrogen) atoms. The molecule has 0 aliphatic carbocycles. The SMILES string of the molecule is CCNC(Cc1cc(C)ccc1C)C(C)(C)C. The molecule has 1 unspecified atom stereocenters. The maximum absolute atomic E-state index is 3.62. The van der Waals surface area contributed by atoms with E-state index in [1.165, 1.54) is 16.7 Å². The Morgan fingerprint density at radius 1 is 1.18 bits per heavy atom. The van der Waals surface area contributed by atoms with Crippen molar-refractivity contribution in [2.45, 2.75) is 54.0 Å². The summed E-state index contributed by atoms with van der Waals surface area (Å²) in [5.74, 6) is 0. The Morgan fingerprint density at radius 3 is 2.35 bits per heavy atom. The zero-order chi connectivity index (χ0) is 13.1. The van der Waals surface area contributed by atoms with Crippen molar-refractivity contribution in [2.24, 2.45) is 5.41 Å². The summed E-state index contributed by atoms with van der Waals surface area (Å²) >= 11 is 0. The van der Waals surface area contributed by atoms with Crippen LogP contribution in [-0.4, -0.2) is 12.6 Å². The standard InChI is InChI=1S/C16H27N/c1-7-17-15(16(4,5)6)11-14-10-12(2)8-9-13(14)3/h8-10,15,17H,7,11H2,1-6H3. The highest BCUT2D eigenvalue weighted by Gasteiger charge is 2.24. The molecule has 1 heteroatoms.